The molecule has 1 aromatic heterocycles. The number of nitrogens with zero attached hydrogens (tertiary/aromatic N) is 1. The number of hydrogen-bond donors (Lipinski definition) is 2. The van der Waals surface area contributed by atoms with Crippen molar-refractivity contribution in [3.05, 3.63) is 16.5 Å². The van der Waals surface area contributed by atoms with E-state index >= 15 is 0 Å². The van der Waals surface area contributed by atoms with Gasteiger partial charge in [0.25, 0.3) is 0 Å². The van der Waals surface area contributed by atoms with Crippen LogP contribution in [0.2, 0.25) is 0 Å². The van der Waals surface area contributed by atoms with Gasteiger partial charge >= 0.3 is 7.12 Å². The van der Waals surface area contributed by atoms with Crippen LogP contribution in [0.15, 0.2) is 11.7 Å². The van der Waals surface area contributed by atoms with Gasteiger partial charge in [-0.15, -0.1) is 0 Å². The first-order valence-corrected chi connectivity index (χ1v) is 7.49. The van der Waals surface area contributed by atoms with Gasteiger partial charge in [0.1, 0.15) is 0 Å². The van der Waals surface area contributed by atoms with Crippen LogP contribution in [0.4, 0.5) is 5.13 Å². The van der Waals surface area contributed by atoms with Gasteiger partial charge in [-0.3, -0.25) is 0 Å². The number of rotatable bonds is 4. The molecule has 0 spiro atoms. The Hall–Kier alpha value is -0.885. The van der Waals surface area contributed by atoms with Crippen molar-refractivity contribution >= 4 is 29.7 Å². The quantitative estimate of drug-likeness (QED) is 0.831. The van der Waals surface area contributed by atoms with E-state index in [-0.39, 0.29) is 18.3 Å². The number of nitrogens with one attached hydrogen (secondary N) is 1. The standard InChI is InChI=1S/C13H22BN3O2S/c1-12(2)13(3,4)19-14(18-12)9(7-16-5)6-10-8-17-11(15)20-10/h6,8,16H,7H2,1-5H3,(H2,15,17). The maximum atomic E-state index is 6.08. The van der Waals surface area contributed by atoms with Crippen molar-refractivity contribution < 1.29 is 9.31 Å². The average Bonchev–Trinajstić information content (AvgIpc) is 2.81. The molecular formula is C13H22BN3O2S. The second kappa shape index (κ2) is 5.48. The van der Waals surface area contributed by atoms with Gasteiger partial charge < -0.3 is 20.4 Å². The molecule has 1 fully saturated rings. The van der Waals surface area contributed by atoms with Crippen molar-refractivity contribution in [2.45, 2.75) is 38.9 Å². The van der Waals surface area contributed by atoms with Crippen LogP contribution >= 0.6 is 11.3 Å². The van der Waals surface area contributed by atoms with Crippen LogP contribution in [-0.4, -0.2) is 36.9 Å². The fourth-order valence-corrected chi connectivity index (χ4v) is 2.61. The van der Waals surface area contributed by atoms with Crippen molar-refractivity contribution in [3.8, 4) is 0 Å². The third kappa shape index (κ3) is 3.06. The van der Waals surface area contributed by atoms with E-state index in [2.05, 4.69) is 38.0 Å². The second-order valence-corrected chi connectivity index (χ2v) is 7.03. The van der Waals surface area contributed by atoms with Gasteiger partial charge in [0.05, 0.1) is 11.2 Å². The molecule has 7 heteroatoms. The predicted octanol–water partition coefficient (Wildman–Crippen LogP) is 1.96. The Morgan fingerprint density at radius 3 is 2.45 bits per heavy atom. The van der Waals surface area contributed by atoms with Gasteiger partial charge in [0.2, 0.25) is 0 Å². The van der Waals surface area contributed by atoms with E-state index in [0.717, 1.165) is 10.3 Å². The number of likely N-dealkylation sites (N-methyl/N-ethyl adjacent to an activating group) is 1. The lowest BCUT2D eigenvalue weighted by Gasteiger charge is -2.32. The maximum absolute atomic E-state index is 6.08. The molecule has 2 heterocycles. The first-order valence-electron chi connectivity index (χ1n) is 6.67. The van der Waals surface area contributed by atoms with E-state index in [1.54, 1.807) is 6.20 Å². The number of aromatic nitrogens is 1. The highest BCUT2D eigenvalue weighted by Gasteiger charge is 2.52. The van der Waals surface area contributed by atoms with Crippen molar-refractivity contribution in [2.75, 3.05) is 19.3 Å². The maximum Gasteiger partial charge on any atom is 0.491 e. The Bertz CT molecular complexity index is 497. The fourth-order valence-electron chi connectivity index (χ4n) is 1.95. The summed E-state index contributed by atoms with van der Waals surface area (Å²) < 4.78 is 12.2. The summed E-state index contributed by atoms with van der Waals surface area (Å²) in [5, 5.41) is 3.71. The summed E-state index contributed by atoms with van der Waals surface area (Å²) >= 11 is 1.45. The van der Waals surface area contributed by atoms with Crippen LogP contribution < -0.4 is 11.1 Å². The second-order valence-electron chi connectivity index (χ2n) is 5.94. The number of thiazole rings is 1. The van der Waals surface area contributed by atoms with Crippen LogP contribution in [0.5, 0.6) is 0 Å². The smallest absolute Gasteiger partial charge is 0.400 e. The summed E-state index contributed by atoms with van der Waals surface area (Å²) in [6.45, 7) is 8.89. The van der Waals surface area contributed by atoms with E-state index in [4.69, 9.17) is 15.0 Å². The predicted molar refractivity (Wildman–Crippen MR) is 84.5 cm³/mol. The van der Waals surface area contributed by atoms with Gasteiger partial charge in [-0.25, -0.2) is 4.98 Å². The van der Waals surface area contributed by atoms with E-state index < -0.39 is 0 Å². The monoisotopic (exact) mass is 295 g/mol. The largest absolute Gasteiger partial charge is 0.491 e. The Kier molecular flexibility index (Phi) is 4.25. The lowest BCUT2D eigenvalue weighted by Crippen LogP contribution is -2.41. The molecule has 1 aliphatic heterocycles. The van der Waals surface area contributed by atoms with Crippen LogP contribution in [-0.2, 0) is 9.31 Å². The van der Waals surface area contributed by atoms with E-state index in [9.17, 15) is 0 Å². The molecule has 0 atom stereocenters. The molecule has 3 N–H and O–H groups in total. The van der Waals surface area contributed by atoms with E-state index in [0.29, 0.717) is 11.7 Å². The van der Waals surface area contributed by atoms with E-state index in [1.165, 1.54) is 11.3 Å². The number of hydrogen-bond acceptors (Lipinski definition) is 6. The minimum atomic E-state index is -0.351. The molecule has 5 nitrogen and oxygen atoms in total. The topological polar surface area (TPSA) is 69.4 Å². The van der Waals surface area contributed by atoms with Gasteiger partial charge in [0.15, 0.2) is 5.13 Å². The fraction of sp³-hybridized carbons (Fsp3) is 0.615. The summed E-state index contributed by atoms with van der Waals surface area (Å²) in [7, 11) is 1.55. The highest BCUT2D eigenvalue weighted by atomic mass is 32.1. The number of anilines is 1. The Balaban J connectivity index is 2.24. The van der Waals surface area contributed by atoms with Gasteiger partial charge in [-0.2, -0.15) is 0 Å². The van der Waals surface area contributed by atoms with Crippen molar-refractivity contribution in [2.24, 2.45) is 0 Å². The van der Waals surface area contributed by atoms with Crippen LogP contribution in [0.3, 0.4) is 0 Å². The first kappa shape index (κ1) is 15.5. The molecule has 0 unspecified atom stereocenters. The minimum absolute atomic E-state index is 0.336. The first-order chi connectivity index (χ1) is 9.25. The van der Waals surface area contributed by atoms with Gasteiger partial charge in [-0.05, 0) is 46.3 Å². The Morgan fingerprint density at radius 2 is 2.00 bits per heavy atom. The molecule has 0 bridgehead atoms. The van der Waals surface area contributed by atoms with Crippen LogP contribution in [0.25, 0.3) is 6.08 Å². The highest BCUT2D eigenvalue weighted by Crippen LogP contribution is 2.38. The third-order valence-electron chi connectivity index (χ3n) is 3.81. The minimum Gasteiger partial charge on any atom is -0.400 e. The zero-order chi connectivity index (χ0) is 15.0. The molecule has 2 rings (SSSR count). The molecule has 0 radical (unpaired) electrons. The molecule has 1 aliphatic rings. The lowest BCUT2D eigenvalue weighted by atomic mass is 9.77. The molecule has 0 saturated carbocycles. The van der Waals surface area contributed by atoms with Crippen molar-refractivity contribution in [3.63, 3.8) is 0 Å². The van der Waals surface area contributed by atoms with Crippen LogP contribution in [0.1, 0.15) is 32.6 Å². The summed E-state index contributed by atoms with van der Waals surface area (Å²) in [5.74, 6) is 0. The molecule has 0 aliphatic carbocycles. The van der Waals surface area contributed by atoms with Crippen molar-refractivity contribution in [1.82, 2.24) is 10.3 Å². The van der Waals surface area contributed by atoms with Gasteiger partial charge in [0, 0.05) is 17.6 Å². The normalized spacial score (nSPS) is 21.4. The summed E-state index contributed by atoms with van der Waals surface area (Å²) in [5.41, 5.74) is 6.03. The highest BCUT2D eigenvalue weighted by molar-refractivity contribution is 7.16. The third-order valence-corrected chi connectivity index (χ3v) is 4.58. The van der Waals surface area contributed by atoms with Crippen LogP contribution in [0, 0.1) is 0 Å². The Labute approximate surface area is 124 Å². The average molecular weight is 295 g/mol. The van der Waals surface area contributed by atoms with E-state index in [1.807, 2.05) is 13.1 Å². The molecule has 110 valence electrons. The van der Waals surface area contributed by atoms with Gasteiger partial charge in [-0.1, -0.05) is 11.3 Å². The molecular weight excluding hydrogens is 273 g/mol. The lowest BCUT2D eigenvalue weighted by molar-refractivity contribution is 0.00578. The number of nitrogens with two attached hydrogens (primary N) is 1. The SMILES string of the molecule is CNCC(=Cc1cnc(N)s1)B1OC(C)(C)C(C)(C)O1. The summed E-state index contributed by atoms with van der Waals surface area (Å²) in [4.78, 5) is 5.07. The molecule has 0 amide bonds. The van der Waals surface area contributed by atoms with Crippen molar-refractivity contribution in [1.29, 1.82) is 0 Å². The summed E-state index contributed by atoms with van der Waals surface area (Å²) in [6, 6.07) is 0. The number of nitrogen functional groups attached to an aromatic ring is 1. The molecule has 1 saturated heterocycles. The molecule has 0 aromatic carbocycles. The Morgan fingerprint density at radius 1 is 1.40 bits per heavy atom. The summed E-state index contributed by atoms with van der Waals surface area (Å²) in [6.07, 6.45) is 3.80. The zero-order valence-corrected chi connectivity index (χ0v) is 13.5. The molecule has 1 aromatic rings. The zero-order valence-electron chi connectivity index (χ0n) is 12.7. The molecule has 20 heavy (non-hydrogen) atoms.